The fourth-order valence-electron chi connectivity index (χ4n) is 1.56. The van der Waals surface area contributed by atoms with Gasteiger partial charge in [0.1, 0.15) is 5.82 Å². The summed E-state index contributed by atoms with van der Waals surface area (Å²) in [6, 6.07) is 5.20. The van der Waals surface area contributed by atoms with Crippen molar-refractivity contribution in [2.75, 3.05) is 6.54 Å². The Hall–Kier alpha value is -0.410. The zero-order valence-electron chi connectivity index (χ0n) is 9.73. The molecule has 1 rings (SSSR count). The van der Waals surface area contributed by atoms with Gasteiger partial charge in [-0.05, 0) is 25.1 Å². The molecule has 3 heteroatoms. The molecule has 0 radical (unpaired) electrons. The number of halogens is 2. The van der Waals surface area contributed by atoms with Gasteiger partial charge in [0.2, 0.25) is 0 Å². The molecule has 0 heterocycles. The molecule has 0 unspecified atom stereocenters. The average Bonchev–Trinajstić information content (AvgIpc) is 2.26. The van der Waals surface area contributed by atoms with Crippen molar-refractivity contribution in [2.45, 2.75) is 39.2 Å². The highest BCUT2D eigenvalue weighted by molar-refractivity contribution is 9.10. The van der Waals surface area contributed by atoms with Crippen LogP contribution in [0.3, 0.4) is 0 Å². The molecule has 90 valence electrons. The van der Waals surface area contributed by atoms with E-state index < -0.39 is 0 Å². The highest BCUT2D eigenvalue weighted by atomic mass is 79.9. The first kappa shape index (κ1) is 13.7. The van der Waals surface area contributed by atoms with Crippen LogP contribution in [-0.4, -0.2) is 6.54 Å². The van der Waals surface area contributed by atoms with Gasteiger partial charge in [-0.3, -0.25) is 0 Å². The summed E-state index contributed by atoms with van der Waals surface area (Å²) >= 11 is 3.25. The highest BCUT2D eigenvalue weighted by Gasteiger charge is 2.01. The first-order chi connectivity index (χ1) is 7.74. The van der Waals surface area contributed by atoms with Crippen LogP contribution >= 0.6 is 15.9 Å². The Morgan fingerprint density at radius 2 is 2.06 bits per heavy atom. The van der Waals surface area contributed by atoms with Gasteiger partial charge < -0.3 is 5.32 Å². The quantitative estimate of drug-likeness (QED) is 0.739. The van der Waals surface area contributed by atoms with Gasteiger partial charge in [-0.25, -0.2) is 4.39 Å². The molecule has 0 bridgehead atoms. The number of unbranched alkanes of at least 4 members (excludes halogenated alkanes) is 3. The molecule has 0 fully saturated rings. The summed E-state index contributed by atoms with van der Waals surface area (Å²) < 4.78 is 14.2. The fourth-order valence-corrected chi connectivity index (χ4v) is 1.90. The maximum atomic E-state index is 13.4. The molecular weight excluding hydrogens is 269 g/mol. The van der Waals surface area contributed by atoms with Gasteiger partial charge in [0.25, 0.3) is 0 Å². The van der Waals surface area contributed by atoms with Crippen LogP contribution in [0.4, 0.5) is 4.39 Å². The van der Waals surface area contributed by atoms with E-state index in [1.54, 1.807) is 0 Å². The van der Waals surface area contributed by atoms with Crippen molar-refractivity contribution >= 4 is 15.9 Å². The van der Waals surface area contributed by atoms with Crippen molar-refractivity contribution in [1.82, 2.24) is 5.32 Å². The van der Waals surface area contributed by atoms with E-state index in [4.69, 9.17) is 0 Å². The molecule has 0 saturated heterocycles. The topological polar surface area (TPSA) is 12.0 Å². The second kappa shape index (κ2) is 7.80. The average molecular weight is 288 g/mol. The van der Waals surface area contributed by atoms with E-state index >= 15 is 0 Å². The van der Waals surface area contributed by atoms with Crippen molar-refractivity contribution in [3.63, 3.8) is 0 Å². The van der Waals surface area contributed by atoms with Crippen molar-refractivity contribution < 1.29 is 4.39 Å². The molecule has 0 saturated carbocycles. The molecule has 1 nitrogen and oxygen atoms in total. The standard InChI is InChI=1S/C13H19BrFN/c1-2-3-4-5-8-16-10-11-6-7-12(14)9-13(11)15/h6-7,9,16H,2-5,8,10H2,1H3. The molecule has 0 aliphatic carbocycles. The van der Waals surface area contributed by atoms with Crippen LogP contribution in [0, 0.1) is 5.82 Å². The molecule has 0 atom stereocenters. The minimum absolute atomic E-state index is 0.143. The van der Waals surface area contributed by atoms with Crippen LogP contribution in [0.2, 0.25) is 0 Å². The van der Waals surface area contributed by atoms with E-state index in [2.05, 4.69) is 28.2 Å². The van der Waals surface area contributed by atoms with Crippen molar-refractivity contribution in [2.24, 2.45) is 0 Å². The zero-order chi connectivity index (χ0) is 11.8. The first-order valence-electron chi connectivity index (χ1n) is 5.88. The molecule has 1 aromatic carbocycles. The monoisotopic (exact) mass is 287 g/mol. The molecule has 1 N–H and O–H groups in total. The van der Waals surface area contributed by atoms with Gasteiger partial charge in [-0.2, -0.15) is 0 Å². The summed E-state index contributed by atoms with van der Waals surface area (Å²) in [5.74, 6) is -0.143. The third-order valence-electron chi connectivity index (χ3n) is 2.54. The molecule has 0 aliphatic heterocycles. The number of hydrogen-bond donors (Lipinski definition) is 1. The molecule has 0 amide bonds. The summed E-state index contributed by atoms with van der Waals surface area (Å²) in [7, 11) is 0. The second-order valence-corrected chi connectivity index (χ2v) is 4.89. The number of hydrogen-bond acceptors (Lipinski definition) is 1. The van der Waals surface area contributed by atoms with E-state index in [1.807, 2.05) is 12.1 Å². The second-order valence-electron chi connectivity index (χ2n) is 3.97. The number of benzene rings is 1. The molecule has 1 aromatic rings. The lowest BCUT2D eigenvalue weighted by atomic mass is 10.2. The van der Waals surface area contributed by atoms with E-state index in [1.165, 1.54) is 31.7 Å². The van der Waals surface area contributed by atoms with Crippen molar-refractivity contribution in [3.05, 3.63) is 34.1 Å². The van der Waals surface area contributed by atoms with Gasteiger partial charge in [-0.1, -0.05) is 48.2 Å². The Morgan fingerprint density at radius 3 is 2.75 bits per heavy atom. The Labute approximate surface area is 106 Å². The Kier molecular flexibility index (Phi) is 6.65. The predicted octanol–water partition coefficient (Wildman–Crippen LogP) is 4.26. The zero-order valence-corrected chi connectivity index (χ0v) is 11.3. The van der Waals surface area contributed by atoms with E-state index in [0.717, 1.165) is 16.6 Å². The minimum Gasteiger partial charge on any atom is -0.313 e. The molecule has 16 heavy (non-hydrogen) atoms. The van der Waals surface area contributed by atoms with Crippen LogP contribution in [0.1, 0.15) is 38.2 Å². The summed E-state index contributed by atoms with van der Waals surface area (Å²) in [5, 5.41) is 3.27. The third-order valence-corrected chi connectivity index (χ3v) is 3.03. The van der Waals surface area contributed by atoms with Crippen LogP contribution in [0.15, 0.2) is 22.7 Å². The largest absolute Gasteiger partial charge is 0.313 e. The first-order valence-corrected chi connectivity index (χ1v) is 6.68. The number of rotatable bonds is 7. The van der Waals surface area contributed by atoms with Crippen LogP contribution in [0.5, 0.6) is 0 Å². The van der Waals surface area contributed by atoms with Gasteiger partial charge in [0, 0.05) is 16.6 Å². The van der Waals surface area contributed by atoms with E-state index in [-0.39, 0.29) is 5.82 Å². The van der Waals surface area contributed by atoms with Crippen LogP contribution < -0.4 is 5.32 Å². The van der Waals surface area contributed by atoms with Crippen molar-refractivity contribution in [1.29, 1.82) is 0 Å². The van der Waals surface area contributed by atoms with E-state index in [9.17, 15) is 4.39 Å². The van der Waals surface area contributed by atoms with Crippen LogP contribution in [0.25, 0.3) is 0 Å². The molecular formula is C13H19BrFN. The highest BCUT2D eigenvalue weighted by Crippen LogP contribution is 2.14. The van der Waals surface area contributed by atoms with E-state index in [0.29, 0.717) is 6.54 Å². The maximum Gasteiger partial charge on any atom is 0.128 e. The lowest BCUT2D eigenvalue weighted by Crippen LogP contribution is -2.15. The van der Waals surface area contributed by atoms with Gasteiger partial charge in [-0.15, -0.1) is 0 Å². The van der Waals surface area contributed by atoms with Gasteiger partial charge >= 0.3 is 0 Å². The predicted molar refractivity (Wildman–Crippen MR) is 69.9 cm³/mol. The summed E-state index contributed by atoms with van der Waals surface area (Å²) in [6.07, 6.45) is 4.97. The molecule has 0 spiro atoms. The Bertz CT molecular complexity index is 315. The lowest BCUT2D eigenvalue weighted by molar-refractivity contribution is 0.567. The Balaban J connectivity index is 2.21. The van der Waals surface area contributed by atoms with Gasteiger partial charge in [0.05, 0.1) is 0 Å². The maximum absolute atomic E-state index is 13.4. The lowest BCUT2D eigenvalue weighted by Gasteiger charge is -2.06. The Morgan fingerprint density at radius 1 is 1.25 bits per heavy atom. The smallest absolute Gasteiger partial charge is 0.128 e. The normalized spacial score (nSPS) is 10.7. The third kappa shape index (κ3) is 5.08. The van der Waals surface area contributed by atoms with Crippen molar-refractivity contribution in [3.8, 4) is 0 Å². The minimum atomic E-state index is -0.143. The SMILES string of the molecule is CCCCCCNCc1ccc(Br)cc1F. The summed E-state index contributed by atoms with van der Waals surface area (Å²) in [5.41, 5.74) is 0.735. The number of nitrogens with one attached hydrogen (secondary N) is 1. The molecule has 0 aromatic heterocycles. The summed E-state index contributed by atoms with van der Waals surface area (Å²) in [4.78, 5) is 0. The molecule has 0 aliphatic rings. The fraction of sp³-hybridized carbons (Fsp3) is 0.538. The van der Waals surface area contributed by atoms with Crippen LogP contribution in [-0.2, 0) is 6.54 Å². The summed E-state index contributed by atoms with van der Waals surface area (Å²) in [6.45, 7) is 3.78. The van der Waals surface area contributed by atoms with Gasteiger partial charge in [0.15, 0.2) is 0 Å².